The molecule has 2 nitrogen and oxygen atoms in total. The molecular weight excluding hydrogens is 368 g/mol. The Balaban J connectivity index is 2.27. The maximum Gasteiger partial charge on any atom is 0.0491 e. The van der Waals surface area contributed by atoms with Crippen LogP contribution >= 0.6 is 31.9 Å². The first-order valence-electron chi connectivity index (χ1n) is 7.07. The van der Waals surface area contributed by atoms with Crippen molar-refractivity contribution < 1.29 is 0 Å². The van der Waals surface area contributed by atoms with Crippen LogP contribution < -0.4 is 11.3 Å². The van der Waals surface area contributed by atoms with Gasteiger partial charge in [-0.2, -0.15) is 0 Å². The highest BCUT2D eigenvalue weighted by molar-refractivity contribution is 9.11. The molecule has 1 aliphatic rings. The summed E-state index contributed by atoms with van der Waals surface area (Å²) in [5.41, 5.74) is 4.34. The van der Waals surface area contributed by atoms with Crippen LogP contribution in [0.3, 0.4) is 0 Å². The highest BCUT2D eigenvalue weighted by Gasteiger charge is 2.31. The van der Waals surface area contributed by atoms with Crippen molar-refractivity contribution in [1.29, 1.82) is 0 Å². The van der Waals surface area contributed by atoms with E-state index < -0.39 is 0 Å². The minimum Gasteiger partial charge on any atom is -0.271 e. The average Bonchev–Trinajstić information content (AvgIpc) is 2.39. The van der Waals surface area contributed by atoms with E-state index in [1.165, 1.54) is 37.7 Å². The molecular formula is C15H22Br2N2. The lowest BCUT2D eigenvalue weighted by Crippen LogP contribution is -2.38. The molecule has 1 aromatic rings. The smallest absolute Gasteiger partial charge is 0.0491 e. The fourth-order valence-electron chi connectivity index (χ4n) is 3.40. The van der Waals surface area contributed by atoms with Crippen molar-refractivity contribution in [3.8, 4) is 0 Å². The maximum absolute atomic E-state index is 5.87. The second-order valence-electron chi connectivity index (χ2n) is 5.46. The predicted molar refractivity (Wildman–Crippen MR) is 87.6 cm³/mol. The minimum absolute atomic E-state index is 0.249. The SMILES string of the molecule is CCC1CCCCC1C(NN)c1cc(Br)cc(Br)c1. The summed E-state index contributed by atoms with van der Waals surface area (Å²) >= 11 is 7.14. The molecule has 1 aromatic carbocycles. The molecule has 0 bridgehead atoms. The Hall–Kier alpha value is 0.1000. The van der Waals surface area contributed by atoms with E-state index in [1.54, 1.807) is 0 Å². The van der Waals surface area contributed by atoms with Crippen LogP contribution in [-0.2, 0) is 0 Å². The van der Waals surface area contributed by atoms with Gasteiger partial charge in [0.05, 0.1) is 0 Å². The summed E-state index contributed by atoms with van der Waals surface area (Å²) in [5.74, 6) is 7.30. The van der Waals surface area contributed by atoms with Gasteiger partial charge in [0, 0.05) is 15.0 Å². The van der Waals surface area contributed by atoms with Crippen molar-refractivity contribution in [1.82, 2.24) is 5.43 Å². The lowest BCUT2D eigenvalue weighted by Gasteiger charge is -2.37. The molecule has 19 heavy (non-hydrogen) atoms. The summed E-state index contributed by atoms with van der Waals surface area (Å²) in [7, 11) is 0. The van der Waals surface area contributed by atoms with Crippen LogP contribution in [0.4, 0.5) is 0 Å². The number of rotatable bonds is 4. The zero-order chi connectivity index (χ0) is 13.8. The summed E-state index contributed by atoms with van der Waals surface area (Å²) in [6.45, 7) is 2.30. The number of nitrogens with two attached hydrogens (primary N) is 1. The van der Waals surface area contributed by atoms with Gasteiger partial charge in [-0.1, -0.05) is 64.5 Å². The molecule has 2 rings (SSSR count). The Morgan fingerprint density at radius 2 is 1.84 bits per heavy atom. The van der Waals surface area contributed by atoms with Crippen molar-refractivity contribution >= 4 is 31.9 Å². The third-order valence-corrected chi connectivity index (χ3v) is 5.26. The Morgan fingerprint density at radius 3 is 2.42 bits per heavy atom. The van der Waals surface area contributed by atoms with E-state index >= 15 is 0 Å². The van der Waals surface area contributed by atoms with Gasteiger partial charge in [-0.05, 0) is 42.0 Å². The Morgan fingerprint density at radius 1 is 1.21 bits per heavy atom. The number of benzene rings is 1. The van der Waals surface area contributed by atoms with Gasteiger partial charge >= 0.3 is 0 Å². The summed E-state index contributed by atoms with van der Waals surface area (Å²) in [6, 6.07) is 6.67. The van der Waals surface area contributed by atoms with Crippen molar-refractivity contribution in [2.45, 2.75) is 45.1 Å². The van der Waals surface area contributed by atoms with Crippen LogP contribution in [-0.4, -0.2) is 0 Å². The van der Waals surface area contributed by atoms with E-state index in [0.29, 0.717) is 5.92 Å². The molecule has 1 aliphatic carbocycles. The molecule has 0 radical (unpaired) electrons. The van der Waals surface area contributed by atoms with Crippen molar-refractivity contribution in [3.63, 3.8) is 0 Å². The second-order valence-corrected chi connectivity index (χ2v) is 7.30. The van der Waals surface area contributed by atoms with Crippen LogP contribution in [0.5, 0.6) is 0 Å². The average molecular weight is 390 g/mol. The first-order chi connectivity index (χ1) is 9.15. The number of hydrazine groups is 1. The fraction of sp³-hybridized carbons (Fsp3) is 0.600. The van der Waals surface area contributed by atoms with Gasteiger partial charge in [-0.25, -0.2) is 0 Å². The lowest BCUT2D eigenvalue weighted by atomic mass is 9.72. The first kappa shape index (κ1) is 15.5. The van der Waals surface area contributed by atoms with Gasteiger partial charge in [0.15, 0.2) is 0 Å². The van der Waals surface area contributed by atoms with Gasteiger partial charge in [-0.3, -0.25) is 11.3 Å². The van der Waals surface area contributed by atoms with Crippen LogP contribution in [0, 0.1) is 11.8 Å². The highest BCUT2D eigenvalue weighted by atomic mass is 79.9. The Kier molecular flexibility index (Phi) is 5.87. The Bertz CT molecular complexity index is 402. The summed E-state index contributed by atoms with van der Waals surface area (Å²) in [4.78, 5) is 0. The second kappa shape index (κ2) is 7.21. The zero-order valence-electron chi connectivity index (χ0n) is 11.3. The van der Waals surface area contributed by atoms with E-state index in [1.807, 2.05) is 0 Å². The van der Waals surface area contributed by atoms with Crippen molar-refractivity contribution in [2.75, 3.05) is 0 Å². The van der Waals surface area contributed by atoms with E-state index in [-0.39, 0.29) is 6.04 Å². The number of hydrogen-bond acceptors (Lipinski definition) is 2. The van der Waals surface area contributed by atoms with Crippen molar-refractivity contribution in [3.05, 3.63) is 32.7 Å². The number of nitrogens with one attached hydrogen (secondary N) is 1. The van der Waals surface area contributed by atoms with Gasteiger partial charge < -0.3 is 0 Å². The summed E-state index contributed by atoms with van der Waals surface area (Å²) in [6.07, 6.45) is 6.56. The van der Waals surface area contributed by atoms with Gasteiger partial charge in [0.1, 0.15) is 0 Å². The fourth-order valence-corrected chi connectivity index (χ4v) is 4.73. The third kappa shape index (κ3) is 3.81. The molecule has 1 fully saturated rings. The van der Waals surface area contributed by atoms with Gasteiger partial charge in [0.2, 0.25) is 0 Å². The van der Waals surface area contributed by atoms with E-state index in [0.717, 1.165) is 14.9 Å². The molecule has 106 valence electrons. The van der Waals surface area contributed by atoms with Crippen LogP contribution in [0.1, 0.15) is 50.6 Å². The highest BCUT2D eigenvalue weighted by Crippen LogP contribution is 2.40. The predicted octanol–water partition coefficient (Wildman–Crippen LogP) is 4.93. The van der Waals surface area contributed by atoms with Crippen molar-refractivity contribution in [2.24, 2.45) is 17.7 Å². The lowest BCUT2D eigenvalue weighted by molar-refractivity contribution is 0.176. The normalized spacial score (nSPS) is 25.3. The van der Waals surface area contributed by atoms with Crippen LogP contribution in [0.2, 0.25) is 0 Å². The van der Waals surface area contributed by atoms with Crippen LogP contribution in [0.15, 0.2) is 27.1 Å². The molecule has 0 aromatic heterocycles. The minimum atomic E-state index is 0.249. The van der Waals surface area contributed by atoms with E-state index in [4.69, 9.17) is 5.84 Å². The van der Waals surface area contributed by atoms with E-state index in [2.05, 4.69) is 62.4 Å². The van der Waals surface area contributed by atoms with Gasteiger partial charge in [-0.15, -0.1) is 0 Å². The standard InChI is InChI=1S/C15H22Br2N2/c1-2-10-5-3-4-6-14(10)15(19-18)11-7-12(16)9-13(17)8-11/h7-10,14-15,19H,2-6,18H2,1H3. The maximum atomic E-state index is 5.87. The van der Waals surface area contributed by atoms with Gasteiger partial charge in [0.25, 0.3) is 0 Å². The molecule has 0 saturated heterocycles. The van der Waals surface area contributed by atoms with Crippen LogP contribution in [0.25, 0.3) is 0 Å². The molecule has 0 heterocycles. The topological polar surface area (TPSA) is 38.0 Å². The first-order valence-corrected chi connectivity index (χ1v) is 8.66. The largest absolute Gasteiger partial charge is 0.271 e. The third-order valence-electron chi connectivity index (χ3n) is 4.34. The quantitative estimate of drug-likeness (QED) is 0.565. The molecule has 4 heteroatoms. The monoisotopic (exact) mass is 388 g/mol. The zero-order valence-corrected chi connectivity index (χ0v) is 14.5. The van der Waals surface area contributed by atoms with E-state index in [9.17, 15) is 0 Å². The summed E-state index contributed by atoms with van der Waals surface area (Å²) in [5, 5.41) is 0. The molecule has 0 amide bonds. The molecule has 3 unspecified atom stereocenters. The number of halogens is 2. The molecule has 3 N–H and O–H groups in total. The molecule has 0 aliphatic heterocycles. The number of hydrogen-bond donors (Lipinski definition) is 2. The molecule has 0 spiro atoms. The Labute approximate surface area is 132 Å². The molecule has 1 saturated carbocycles. The summed E-state index contributed by atoms with van der Waals surface area (Å²) < 4.78 is 2.20. The molecule has 3 atom stereocenters.